The zero-order valence-corrected chi connectivity index (χ0v) is 12.2. The first kappa shape index (κ1) is 17.3. The number of rotatable bonds is 4. The summed E-state index contributed by atoms with van der Waals surface area (Å²) in [6.07, 6.45) is 0.405. The van der Waals surface area contributed by atoms with Crippen LogP contribution in [0.25, 0.3) is 16.6 Å². The number of aliphatic carboxylic acids is 1. The van der Waals surface area contributed by atoms with Gasteiger partial charge in [0.25, 0.3) is 0 Å². The molecule has 0 unspecified atom stereocenters. The Morgan fingerprint density at radius 1 is 1.29 bits per heavy atom. The fraction of sp³-hybridized carbons (Fsp3) is 0.133. The Bertz CT molecular complexity index is 933. The number of carboxylic acids is 1. The van der Waals surface area contributed by atoms with Gasteiger partial charge in [0, 0.05) is 12.3 Å². The highest BCUT2D eigenvalue weighted by Gasteiger charge is 2.22. The fourth-order valence-corrected chi connectivity index (χ4v) is 2.08. The minimum atomic E-state index is -1.75. The van der Waals surface area contributed by atoms with Gasteiger partial charge in [-0.25, -0.2) is 22.8 Å². The Morgan fingerprint density at radius 2 is 1.92 bits per heavy atom. The van der Waals surface area contributed by atoms with Crippen molar-refractivity contribution < 1.29 is 32.6 Å². The molecule has 0 bridgehead atoms. The van der Waals surface area contributed by atoms with Gasteiger partial charge >= 0.3 is 11.9 Å². The molecule has 0 atom stereocenters. The van der Waals surface area contributed by atoms with Gasteiger partial charge in [-0.3, -0.25) is 4.79 Å². The van der Waals surface area contributed by atoms with Crippen molar-refractivity contribution in [1.82, 2.24) is 4.57 Å². The number of fused-ring (bicyclic) bond motifs is 1. The lowest BCUT2D eigenvalue weighted by molar-refractivity contribution is -0.130. The molecular weight excluding hydrogens is 331 g/mol. The summed E-state index contributed by atoms with van der Waals surface area (Å²) in [5, 5.41) is 8.52. The lowest BCUT2D eigenvalue weighted by atomic mass is 10.1. The van der Waals surface area contributed by atoms with Crippen LogP contribution in [0.4, 0.5) is 13.2 Å². The number of hydrogen-bond donors (Lipinski definition) is 1. The molecule has 1 aromatic heterocycles. The first-order chi connectivity index (χ1) is 11.3. The third-order valence-corrected chi connectivity index (χ3v) is 3.12. The topological polar surface area (TPSA) is 85.6 Å². The van der Waals surface area contributed by atoms with Crippen LogP contribution >= 0.6 is 0 Å². The first-order valence-electron chi connectivity index (χ1n) is 6.57. The van der Waals surface area contributed by atoms with Crippen molar-refractivity contribution in [2.75, 3.05) is 6.61 Å². The summed E-state index contributed by atoms with van der Waals surface area (Å²) in [6.45, 7) is 1.38. The van der Waals surface area contributed by atoms with E-state index in [1.165, 1.54) is 6.92 Å². The lowest BCUT2D eigenvalue weighted by Gasteiger charge is -2.13. The molecule has 0 aliphatic carbocycles. The summed E-state index contributed by atoms with van der Waals surface area (Å²) in [6, 6.07) is 1.04. The zero-order valence-electron chi connectivity index (χ0n) is 12.2. The Labute approximate surface area is 132 Å². The number of carbonyl (C=O) groups is 2. The predicted molar refractivity (Wildman–Crippen MR) is 77.1 cm³/mol. The maximum atomic E-state index is 13.5. The largest absolute Gasteiger partial charge is 0.476 e. The van der Waals surface area contributed by atoms with E-state index >= 15 is 0 Å². The number of halogens is 3. The van der Waals surface area contributed by atoms with Crippen LogP contribution in [0.15, 0.2) is 29.5 Å². The number of hydrogen-bond acceptors (Lipinski definition) is 4. The van der Waals surface area contributed by atoms with Gasteiger partial charge in [0.15, 0.2) is 17.3 Å². The molecule has 9 heteroatoms. The number of carboxylic acid groups (broad SMARTS) is 1. The molecule has 0 spiro atoms. The van der Waals surface area contributed by atoms with Gasteiger partial charge in [-0.1, -0.05) is 0 Å². The van der Waals surface area contributed by atoms with Gasteiger partial charge in [0.2, 0.25) is 5.43 Å². The van der Waals surface area contributed by atoms with Crippen LogP contribution in [0.2, 0.25) is 0 Å². The van der Waals surface area contributed by atoms with Gasteiger partial charge in [-0.15, -0.1) is 0 Å². The van der Waals surface area contributed by atoms with Crippen molar-refractivity contribution in [3.63, 3.8) is 0 Å². The second kappa shape index (κ2) is 6.57. The maximum absolute atomic E-state index is 13.5. The number of esters is 1. The standard InChI is InChI=1S/C15H10F3NO5/c1-2-24-15(23)8-6-19(12(5-16)14(21)22)11-4-10(18)9(17)3-7(11)13(8)20/h3-6H,2H2,1H3,(H,21,22)/b12-5-. The molecule has 0 saturated heterocycles. The van der Waals surface area contributed by atoms with Gasteiger partial charge in [-0.05, 0) is 13.0 Å². The van der Waals surface area contributed by atoms with E-state index in [2.05, 4.69) is 4.74 Å². The van der Waals surface area contributed by atoms with Crippen LogP contribution in [-0.2, 0) is 9.53 Å². The summed E-state index contributed by atoms with van der Waals surface area (Å²) in [4.78, 5) is 35.2. The maximum Gasteiger partial charge on any atom is 0.355 e. The quantitative estimate of drug-likeness (QED) is 0.681. The smallest absolute Gasteiger partial charge is 0.355 e. The molecule has 0 saturated carbocycles. The van der Waals surface area contributed by atoms with Crippen molar-refractivity contribution in [2.45, 2.75) is 6.92 Å². The molecule has 0 aliphatic rings. The van der Waals surface area contributed by atoms with Gasteiger partial charge < -0.3 is 14.4 Å². The monoisotopic (exact) mass is 341 g/mol. The fourth-order valence-electron chi connectivity index (χ4n) is 2.08. The van der Waals surface area contributed by atoms with E-state index in [1.807, 2.05) is 0 Å². The molecule has 2 rings (SSSR count). The van der Waals surface area contributed by atoms with Crippen LogP contribution in [0, 0.1) is 11.6 Å². The van der Waals surface area contributed by atoms with E-state index in [0.717, 1.165) is 0 Å². The van der Waals surface area contributed by atoms with Gasteiger partial charge in [-0.2, -0.15) is 0 Å². The van der Waals surface area contributed by atoms with Crippen LogP contribution < -0.4 is 5.43 Å². The van der Waals surface area contributed by atoms with E-state index in [1.54, 1.807) is 0 Å². The summed E-state index contributed by atoms with van der Waals surface area (Å²) >= 11 is 0. The van der Waals surface area contributed by atoms with Gasteiger partial charge in [0.05, 0.1) is 17.5 Å². The molecule has 2 aromatic rings. The minimum Gasteiger partial charge on any atom is -0.476 e. The normalized spacial score (nSPS) is 11.6. The number of nitrogens with zero attached hydrogens (tertiary/aromatic N) is 1. The molecule has 126 valence electrons. The summed E-state index contributed by atoms with van der Waals surface area (Å²) < 4.78 is 45.1. The predicted octanol–water partition coefficient (Wildman–Crippen LogP) is 2.31. The van der Waals surface area contributed by atoms with Crippen molar-refractivity contribution in [3.05, 3.63) is 52.1 Å². The van der Waals surface area contributed by atoms with E-state index in [0.29, 0.717) is 22.9 Å². The van der Waals surface area contributed by atoms with E-state index in [4.69, 9.17) is 5.11 Å². The molecule has 6 nitrogen and oxygen atoms in total. The lowest BCUT2D eigenvalue weighted by Crippen LogP contribution is -2.22. The number of benzene rings is 1. The molecule has 0 amide bonds. The van der Waals surface area contributed by atoms with Crippen LogP contribution in [0.1, 0.15) is 17.3 Å². The highest BCUT2D eigenvalue weighted by Crippen LogP contribution is 2.21. The van der Waals surface area contributed by atoms with Crippen molar-refractivity contribution >= 4 is 28.5 Å². The van der Waals surface area contributed by atoms with E-state index in [-0.39, 0.29) is 12.9 Å². The van der Waals surface area contributed by atoms with Gasteiger partial charge in [0.1, 0.15) is 11.9 Å². The van der Waals surface area contributed by atoms with Crippen molar-refractivity contribution in [1.29, 1.82) is 0 Å². The van der Waals surface area contributed by atoms with Crippen molar-refractivity contribution in [2.24, 2.45) is 0 Å². The van der Waals surface area contributed by atoms with Crippen LogP contribution in [0.3, 0.4) is 0 Å². The minimum absolute atomic E-state index is 0.0845. The average molecular weight is 341 g/mol. The second-order valence-corrected chi connectivity index (χ2v) is 4.55. The molecule has 0 radical (unpaired) electrons. The zero-order chi connectivity index (χ0) is 18.0. The third kappa shape index (κ3) is 2.87. The molecule has 1 N–H and O–H groups in total. The van der Waals surface area contributed by atoms with Crippen molar-refractivity contribution in [3.8, 4) is 0 Å². The summed E-state index contributed by atoms with van der Waals surface area (Å²) in [5.41, 5.74) is -3.06. The summed E-state index contributed by atoms with van der Waals surface area (Å²) in [5.74, 6) is -5.61. The average Bonchev–Trinajstić information content (AvgIpc) is 2.52. The highest BCUT2D eigenvalue weighted by molar-refractivity contribution is 6.10. The second-order valence-electron chi connectivity index (χ2n) is 4.55. The van der Waals surface area contributed by atoms with E-state index in [9.17, 15) is 27.6 Å². The molecule has 1 aromatic carbocycles. The molecule has 24 heavy (non-hydrogen) atoms. The van der Waals surface area contributed by atoms with E-state index < -0.39 is 51.2 Å². The highest BCUT2D eigenvalue weighted by atomic mass is 19.2. The third-order valence-electron chi connectivity index (χ3n) is 3.12. The Morgan fingerprint density at radius 3 is 2.46 bits per heavy atom. The number of aromatic nitrogens is 1. The Hall–Kier alpha value is -3.10. The Kier molecular flexibility index (Phi) is 4.72. The number of carbonyl (C=O) groups excluding carboxylic acids is 1. The Balaban J connectivity index is 2.96. The molecule has 1 heterocycles. The molecular formula is C15H10F3NO5. The van der Waals surface area contributed by atoms with Crippen LogP contribution in [-0.4, -0.2) is 28.2 Å². The molecule has 0 fully saturated rings. The summed E-state index contributed by atoms with van der Waals surface area (Å²) in [7, 11) is 0. The molecule has 0 aliphatic heterocycles. The SMILES string of the molecule is CCOC(=O)c1cn(/C(=C\F)C(=O)O)c2cc(F)c(F)cc2c1=O. The first-order valence-corrected chi connectivity index (χ1v) is 6.57. The van der Waals surface area contributed by atoms with Crippen LogP contribution in [0.5, 0.6) is 0 Å². The number of pyridine rings is 1. The number of ether oxygens (including phenoxy) is 1.